The Bertz CT molecular complexity index is 340. The number of nitrogens with zero attached hydrogens (tertiary/aromatic N) is 1. The summed E-state index contributed by atoms with van der Waals surface area (Å²) in [6.45, 7) is 7.80. The van der Waals surface area contributed by atoms with E-state index in [1.165, 1.54) is 6.08 Å². The largest absolute Gasteiger partial charge is 0.465 e. The molecule has 1 amide bonds. The molecular weight excluding hydrogens is 216 g/mol. The molecule has 0 aliphatic rings. The van der Waals surface area contributed by atoms with Gasteiger partial charge in [-0.25, -0.2) is 0 Å². The predicted molar refractivity (Wildman–Crippen MR) is 68.5 cm³/mol. The number of carbonyl (C=O) groups is 1. The van der Waals surface area contributed by atoms with Gasteiger partial charge < -0.3 is 14.6 Å². The quantitative estimate of drug-likeness (QED) is 0.734. The Balaban J connectivity index is 2.21. The summed E-state index contributed by atoms with van der Waals surface area (Å²) in [5.41, 5.74) is 0. The zero-order valence-electron chi connectivity index (χ0n) is 10.5. The Kier molecular flexibility index (Phi) is 6.10. The third kappa shape index (κ3) is 5.36. The van der Waals surface area contributed by atoms with Gasteiger partial charge in [-0.3, -0.25) is 4.79 Å². The van der Waals surface area contributed by atoms with Crippen LogP contribution in [0.2, 0.25) is 0 Å². The minimum absolute atomic E-state index is 0.0893. The molecule has 4 heteroatoms. The first-order valence-electron chi connectivity index (χ1n) is 5.98. The fourth-order valence-corrected chi connectivity index (χ4v) is 1.48. The van der Waals surface area contributed by atoms with Gasteiger partial charge in [0.15, 0.2) is 0 Å². The molecule has 0 saturated heterocycles. The molecular formula is C13H20N2O2. The molecule has 0 fully saturated rings. The van der Waals surface area contributed by atoms with Gasteiger partial charge in [-0.15, -0.1) is 0 Å². The Labute approximate surface area is 102 Å². The SMILES string of the molecule is CCN(CC)CCNC(=O)/C=C/c1ccco1. The molecule has 0 spiro atoms. The van der Waals surface area contributed by atoms with Crippen LogP contribution < -0.4 is 5.32 Å². The number of furan rings is 1. The van der Waals surface area contributed by atoms with Crippen molar-refractivity contribution in [3.8, 4) is 0 Å². The predicted octanol–water partition coefficient (Wildman–Crippen LogP) is 1.75. The molecule has 1 aromatic rings. The summed E-state index contributed by atoms with van der Waals surface area (Å²) in [6.07, 6.45) is 4.73. The summed E-state index contributed by atoms with van der Waals surface area (Å²) in [4.78, 5) is 13.7. The third-order valence-corrected chi connectivity index (χ3v) is 2.56. The fraction of sp³-hybridized carbons (Fsp3) is 0.462. The van der Waals surface area contributed by atoms with Gasteiger partial charge in [0.05, 0.1) is 6.26 Å². The highest BCUT2D eigenvalue weighted by Crippen LogP contribution is 2.01. The van der Waals surface area contributed by atoms with E-state index in [4.69, 9.17) is 4.42 Å². The van der Waals surface area contributed by atoms with Gasteiger partial charge in [0, 0.05) is 19.2 Å². The summed E-state index contributed by atoms with van der Waals surface area (Å²) in [7, 11) is 0. The number of nitrogens with one attached hydrogen (secondary N) is 1. The second-order valence-corrected chi connectivity index (χ2v) is 3.67. The molecule has 0 saturated carbocycles. The van der Waals surface area contributed by atoms with E-state index in [0.29, 0.717) is 12.3 Å². The lowest BCUT2D eigenvalue weighted by molar-refractivity contribution is -0.116. The molecule has 0 bridgehead atoms. The van der Waals surface area contributed by atoms with Crippen molar-refractivity contribution in [2.75, 3.05) is 26.2 Å². The van der Waals surface area contributed by atoms with Gasteiger partial charge in [-0.1, -0.05) is 13.8 Å². The lowest BCUT2D eigenvalue weighted by Gasteiger charge is -2.17. The van der Waals surface area contributed by atoms with Crippen LogP contribution in [0.1, 0.15) is 19.6 Å². The normalized spacial score (nSPS) is 11.2. The second kappa shape index (κ2) is 7.68. The van der Waals surface area contributed by atoms with E-state index in [1.54, 1.807) is 24.5 Å². The van der Waals surface area contributed by atoms with Crippen molar-refractivity contribution < 1.29 is 9.21 Å². The van der Waals surface area contributed by atoms with Gasteiger partial charge in [0.25, 0.3) is 0 Å². The van der Waals surface area contributed by atoms with E-state index in [0.717, 1.165) is 19.6 Å². The number of hydrogen-bond acceptors (Lipinski definition) is 3. The highest BCUT2D eigenvalue weighted by Gasteiger charge is 1.99. The van der Waals surface area contributed by atoms with Crippen molar-refractivity contribution in [1.82, 2.24) is 10.2 Å². The number of likely N-dealkylation sites (N-methyl/N-ethyl adjacent to an activating group) is 1. The molecule has 1 aromatic heterocycles. The van der Waals surface area contributed by atoms with Crippen molar-refractivity contribution in [2.24, 2.45) is 0 Å². The molecule has 0 atom stereocenters. The van der Waals surface area contributed by atoms with E-state index in [9.17, 15) is 4.79 Å². The average Bonchev–Trinajstić information content (AvgIpc) is 2.85. The zero-order chi connectivity index (χ0) is 12.5. The third-order valence-electron chi connectivity index (χ3n) is 2.56. The topological polar surface area (TPSA) is 45.5 Å². The Hall–Kier alpha value is -1.55. The molecule has 17 heavy (non-hydrogen) atoms. The standard InChI is InChI=1S/C13H20N2O2/c1-3-15(4-2)10-9-14-13(16)8-7-12-6-5-11-17-12/h5-8,11H,3-4,9-10H2,1-2H3,(H,14,16)/b8-7+. The number of hydrogen-bond donors (Lipinski definition) is 1. The lowest BCUT2D eigenvalue weighted by atomic mass is 10.4. The summed E-state index contributed by atoms with van der Waals surface area (Å²) in [6, 6.07) is 3.59. The lowest BCUT2D eigenvalue weighted by Crippen LogP contribution is -2.34. The van der Waals surface area contributed by atoms with Gasteiger partial charge in [-0.05, 0) is 31.3 Å². The summed E-state index contributed by atoms with van der Waals surface area (Å²) in [5.74, 6) is 0.595. The number of carbonyl (C=O) groups excluding carboxylic acids is 1. The van der Waals surface area contributed by atoms with Crippen molar-refractivity contribution in [3.05, 3.63) is 30.2 Å². The first kappa shape index (κ1) is 13.5. The molecule has 0 aromatic carbocycles. The Morgan fingerprint density at radius 3 is 2.82 bits per heavy atom. The van der Waals surface area contributed by atoms with Crippen LogP contribution in [0.15, 0.2) is 28.9 Å². The van der Waals surface area contributed by atoms with Crippen LogP contribution in [0.5, 0.6) is 0 Å². The molecule has 1 rings (SSSR count). The minimum Gasteiger partial charge on any atom is -0.465 e. The maximum absolute atomic E-state index is 11.4. The van der Waals surface area contributed by atoms with Gasteiger partial charge >= 0.3 is 0 Å². The molecule has 0 radical (unpaired) electrons. The highest BCUT2D eigenvalue weighted by atomic mass is 16.3. The van der Waals surface area contributed by atoms with Crippen LogP contribution in [-0.4, -0.2) is 37.0 Å². The molecule has 1 N–H and O–H groups in total. The highest BCUT2D eigenvalue weighted by molar-refractivity contribution is 5.91. The minimum atomic E-state index is -0.0893. The van der Waals surface area contributed by atoms with Gasteiger partial charge in [-0.2, -0.15) is 0 Å². The molecule has 4 nitrogen and oxygen atoms in total. The van der Waals surface area contributed by atoms with Crippen LogP contribution in [0.4, 0.5) is 0 Å². The summed E-state index contributed by atoms with van der Waals surface area (Å²) >= 11 is 0. The van der Waals surface area contributed by atoms with E-state index in [2.05, 4.69) is 24.1 Å². The summed E-state index contributed by atoms with van der Waals surface area (Å²) < 4.78 is 5.09. The molecule has 94 valence electrons. The number of amides is 1. The second-order valence-electron chi connectivity index (χ2n) is 3.67. The van der Waals surface area contributed by atoms with Crippen LogP contribution in [0.25, 0.3) is 6.08 Å². The van der Waals surface area contributed by atoms with Crippen molar-refractivity contribution >= 4 is 12.0 Å². The molecule has 1 heterocycles. The maximum atomic E-state index is 11.4. The monoisotopic (exact) mass is 236 g/mol. The maximum Gasteiger partial charge on any atom is 0.244 e. The average molecular weight is 236 g/mol. The molecule has 0 unspecified atom stereocenters. The molecule has 0 aliphatic heterocycles. The summed E-state index contributed by atoms with van der Waals surface area (Å²) in [5, 5.41) is 2.84. The van der Waals surface area contributed by atoms with Gasteiger partial charge in [0.2, 0.25) is 5.91 Å². The van der Waals surface area contributed by atoms with Crippen LogP contribution in [0, 0.1) is 0 Å². The fourth-order valence-electron chi connectivity index (χ4n) is 1.48. The smallest absolute Gasteiger partial charge is 0.244 e. The van der Waals surface area contributed by atoms with E-state index in [-0.39, 0.29) is 5.91 Å². The van der Waals surface area contributed by atoms with Crippen LogP contribution in [-0.2, 0) is 4.79 Å². The van der Waals surface area contributed by atoms with Gasteiger partial charge in [0.1, 0.15) is 5.76 Å². The first-order valence-corrected chi connectivity index (χ1v) is 5.98. The van der Waals surface area contributed by atoms with Crippen molar-refractivity contribution in [2.45, 2.75) is 13.8 Å². The van der Waals surface area contributed by atoms with Crippen molar-refractivity contribution in [1.29, 1.82) is 0 Å². The molecule has 0 aliphatic carbocycles. The van der Waals surface area contributed by atoms with E-state index in [1.807, 2.05) is 0 Å². The van der Waals surface area contributed by atoms with E-state index >= 15 is 0 Å². The Morgan fingerprint density at radius 1 is 1.47 bits per heavy atom. The zero-order valence-corrected chi connectivity index (χ0v) is 10.5. The van der Waals surface area contributed by atoms with Crippen molar-refractivity contribution in [3.63, 3.8) is 0 Å². The Morgan fingerprint density at radius 2 is 2.24 bits per heavy atom. The first-order chi connectivity index (χ1) is 8.26. The van der Waals surface area contributed by atoms with Crippen LogP contribution in [0.3, 0.4) is 0 Å². The number of rotatable bonds is 7. The van der Waals surface area contributed by atoms with E-state index < -0.39 is 0 Å². The van der Waals surface area contributed by atoms with Crippen LogP contribution >= 0.6 is 0 Å².